The monoisotopic (exact) mass is 336 g/mol. The fourth-order valence-corrected chi connectivity index (χ4v) is 2.38. The molecule has 0 aliphatic rings. The van der Waals surface area contributed by atoms with E-state index in [1.807, 2.05) is 0 Å². The third kappa shape index (κ3) is 3.57. The van der Waals surface area contributed by atoms with Gasteiger partial charge in [0.25, 0.3) is 0 Å². The van der Waals surface area contributed by atoms with Gasteiger partial charge in [0, 0.05) is 0 Å². The van der Waals surface area contributed by atoms with Crippen molar-refractivity contribution in [2.75, 3.05) is 5.75 Å². The summed E-state index contributed by atoms with van der Waals surface area (Å²) in [5.74, 6) is -5.70. The summed E-state index contributed by atoms with van der Waals surface area (Å²) in [6, 6.07) is 1.83. The largest absolute Gasteiger partial charge is 0.454 e. The SMILES string of the molecule is CCS(=O)(=O)c1ccc(Cl)nc1[CH]C(F)(F)C(F)(F)F. The Morgan fingerprint density at radius 3 is 2.25 bits per heavy atom. The molecule has 0 spiro atoms. The van der Waals surface area contributed by atoms with Crippen molar-refractivity contribution in [2.45, 2.75) is 23.9 Å². The predicted octanol–water partition coefficient (Wildman–Crippen LogP) is 3.28. The van der Waals surface area contributed by atoms with Crippen LogP contribution in [0, 0.1) is 6.42 Å². The molecule has 0 N–H and O–H groups in total. The summed E-state index contributed by atoms with van der Waals surface area (Å²) in [6.45, 7) is 1.22. The first-order chi connectivity index (χ1) is 8.90. The first-order valence-corrected chi connectivity index (χ1v) is 7.13. The topological polar surface area (TPSA) is 47.0 Å². The Morgan fingerprint density at radius 1 is 1.25 bits per heavy atom. The van der Waals surface area contributed by atoms with E-state index in [1.165, 1.54) is 6.92 Å². The molecule has 0 atom stereocenters. The summed E-state index contributed by atoms with van der Waals surface area (Å²) >= 11 is 5.40. The van der Waals surface area contributed by atoms with Crippen molar-refractivity contribution in [1.82, 2.24) is 4.98 Å². The molecule has 1 aromatic heterocycles. The minimum Gasteiger partial charge on any atom is -0.239 e. The van der Waals surface area contributed by atoms with Crippen molar-refractivity contribution in [1.29, 1.82) is 0 Å². The van der Waals surface area contributed by atoms with E-state index in [0.717, 1.165) is 12.1 Å². The normalized spacial score (nSPS) is 13.6. The highest BCUT2D eigenvalue weighted by atomic mass is 35.5. The zero-order valence-electron chi connectivity index (χ0n) is 9.88. The van der Waals surface area contributed by atoms with Crippen LogP contribution in [0.5, 0.6) is 0 Å². The van der Waals surface area contributed by atoms with Crippen LogP contribution in [-0.4, -0.2) is 31.3 Å². The maximum absolute atomic E-state index is 13.0. The first-order valence-electron chi connectivity index (χ1n) is 5.10. The number of aromatic nitrogens is 1. The molecule has 0 bridgehead atoms. The van der Waals surface area contributed by atoms with Crippen LogP contribution in [-0.2, 0) is 9.84 Å². The molecule has 1 heterocycles. The third-order valence-electron chi connectivity index (χ3n) is 2.26. The minimum absolute atomic E-state index is 0.399. The molecule has 0 amide bonds. The van der Waals surface area contributed by atoms with E-state index >= 15 is 0 Å². The van der Waals surface area contributed by atoms with Gasteiger partial charge in [0.2, 0.25) is 0 Å². The van der Waals surface area contributed by atoms with Gasteiger partial charge in [-0.2, -0.15) is 22.0 Å². The first kappa shape index (κ1) is 17.1. The Bertz CT molecular complexity index is 600. The zero-order valence-corrected chi connectivity index (χ0v) is 11.5. The number of nitrogens with zero attached hydrogens (tertiary/aromatic N) is 1. The van der Waals surface area contributed by atoms with Crippen molar-refractivity contribution in [3.05, 3.63) is 29.4 Å². The molecule has 0 aliphatic carbocycles. The fourth-order valence-electron chi connectivity index (χ4n) is 1.21. The van der Waals surface area contributed by atoms with Crippen LogP contribution in [0.1, 0.15) is 12.6 Å². The highest BCUT2D eigenvalue weighted by molar-refractivity contribution is 7.91. The number of pyridine rings is 1. The van der Waals surface area contributed by atoms with Gasteiger partial charge in [0.15, 0.2) is 9.84 Å². The summed E-state index contributed by atoms with van der Waals surface area (Å²) in [5, 5.41) is -0.399. The summed E-state index contributed by atoms with van der Waals surface area (Å²) < 4.78 is 85.6. The molecule has 0 saturated heterocycles. The average Bonchev–Trinajstić information content (AvgIpc) is 2.26. The van der Waals surface area contributed by atoms with Gasteiger partial charge in [-0.3, -0.25) is 0 Å². The molecular formula is C10H8ClF5NO2S. The summed E-state index contributed by atoms with van der Waals surface area (Å²) in [4.78, 5) is 2.51. The lowest BCUT2D eigenvalue weighted by molar-refractivity contribution is -0.265. The molecular weight excluding hydrogens is 329 g/mol. The summed E-state index contributed by atoms with van der Waals surface area (Å²) in [5.41, 5.74) is -1.03. The molecule has 113 valence electrons. The highest BCUT2D eigenvalue weighted by Crippen LogP contribution is 2.40. The highest BCUT2D eigenvalue weighted by Gasteiger charge is 2.58. The van der Waals surface area contributed by atoms with E-state index in [-0.39, 0.29) is 0 Å². The average molecular weight is 337 g/mol. The van der Waals surface area contributed by atoms with E-state index in [2.05, 4.69) is 4.98 Å². The van der Waals surface area contributed by atoms with Crippen molar-refractivity contribution in [3.8, 4) is 0 Å². The Kier molecular flexibility index (Phi) is 4.65. The maximum atomic E-state index is 13.0. The second-order valence-corrected chi connectivity index (χ2v) is 6.32. The van der Waals surface area contributed by atoms with Crippen LogP contribution in [0.3, 0.4) is 0 Å². The standard InChI is InChI=1S/C10H8ClF5NO2S/c1-2-20(18,19)7-3-4-8(11)17-6(7)5-9(12,13)10(14,15)16/h3-5H,2H2,1H3. The molecule has 3 nitrogen and oxygen atoms in total. The van der Waals surface area contributed by atoms with Crippen molar-refractivity contribution < 1.29 is 30.4 Å². The fraction of sp³-hybridized carbons (Fsp3) is 0.400. The summed E-state index contributed by atoms with van der Waals surface area (Å²) in [7, 11) is -4.02. The number of hydrogen-bond acceptors (Lipinski definition) is 3. The summed E-state index contributed by atoms with van der Waals surface area (Å²) in [6.07, 6.45) is -6.41. The molecule has 1 rings (SSSR count). The second-order valence-electron chi connectivity index (χ2n) is 3.69. The zero-order chi connectivity index (χ0) is 15.8. The lowest BCUT2D eigenvalue weighted by Crippen LogP contribution is -2.37. The lowest BCUT2D eigenvalue weighted by Gasteiger charge is -2.19. The molecule has 1 radical (unpaired) electrons. The van der Waals surface area contributed by atoms with Crippen molar-refractivity contribution >= 4 is 21.4 Å². The quantitative estimate of drug-likeness (QED) is 0.626. The van der Waals surface area contributed by atoms with Gasteiger partial charge in [-0.05, 0) is 12.1 Å². The van der Waals surface area contributed by atoms with Crippen LogP contribution >= 0.6 is 11.6 Å². The van der Waals surface area contributed by atoms with Gasteiger partial charge < -0.3 is 0 Å². The van der Waals surface area contributed by atoms with Crippen LogP contribution < -0.4 is 0 Å². The molecule has 0 fully saturated rings. The molecule has 1 aromatic rings. The second kappa shape index (κ2) is 5.44. The van der Waals surface area contributed by atoms with E-state index in [9.17, 15) is 30.4 Å². The van der Waals surface area contributed by atoms with Crippen LogP contribution in [0.2, 0.25) is 5.15 Å². The number of hydrogen-bond donors (Lipinski definition) is 0. The predicted molar refractivity (Wildman–Crippen MR) is 61.4 cm³/mol. The van der Waals surface area contributed by atoms with Crippen molar-refractivity contribution in [3.63, 3.8) is 0 Å². The number of halogens is 6. The minimum atomic E-state index is -5.86. The lowest BCUT2D eigenvalue weighted by atomic mass is 10.1. The van der Waals surface area contributed by atoms with Gasteiger partial charge >= 0.3 is 12.1 Å². The molecule has 20 heavy (non-hydrogen) atoms. The van der Waals surface area contributed by atoms with E-state index in [1.54, 1.807) is 0 Å². The smallest absolute Gasteiger partial charge is 0.239 e. The Hall–Kier alpha value is -0.960. The Labute approximate surface area is 116 Å². The maximum Gasteiger partial charge on any atom is 0.454 e. The van der Waals surface area contributed by atoms with Gasteiger partial charge in [0.1, 0.15) is 5.15 Å². The Morgan fingerprint density at radius 2 is 1.80 bits per heavy atom. The number of alkyl halides is 5. The molecule has 0 saturated carbocycles. The van der Waals surface area contributed by atoms with Gasteiger partial charge in [0.05, 0.1) is 22.8 Å². The van der Waals surface area contributed by atoms with Gasteiger partial charge in [-0.25, -0.2) is 13.4 Å². The van der Waals surface area contributed by atoms with E-state index in [0.29, 0.717) is 0 Å². The number of rotatable bonds is 4. The van der Waals surface area contributed by atoms with Gasteiger partial charge in [-0.15, -0.1) is 0 Å². The Balaban J connectivity index is 3.35. The molecule has 0 aromatic carbocycles. The number of sulfone groups is 1. The van der Waals surface area contributed by atoms with Crippen molar-refractivity contribution in [2.24, 2.45) is 0 Å². The molecule has 0 unspecified atom stereocenters. The van der Waals surface area contributed by atoms with Crippen LogP contribution in [0.4, 0.5) is 22.0 Å². The third-order valence-corrected chi connectivity index (χ3v) is 4.25. The molecule has 0 aliphatic heterocycles. The molecule has 10 heteroatoms. The van der Waals surface area contributed by atoms with Crippen LogP contribution in [0.15, 0.2) is 17.0 Å². The van der Waals surface area contributed by atoms with E-state index in [4.69, 9.17) is 11.6 Å². The van der Waals surface area contributed by atoms with Gasteiger partial charge in [-0.1, -0.05) is 18.5 Å². The van der Waals surface area contributed by atoms with Crippen LogP contribution in [0.25, 0.3) is 0 Å². The van der Waals surface area contributed by atoms with E-state index < -0.39 is 49.9 Å².